The molecule has 5 rings (SSSR count). The van der Waals surface area contributed by atoms with Crippen molar-refractivity contribution in [2.75, 3.05) is 38.3 Å². The third-order valence-corrected chi connectivity index (χ3v) is 8.77. The summed E-state index contributed by atoms with van der Waals surface area (Å²) in [5.74, 6) is 1.72. The Bertz CT molecular complexity index is 1540. The second kappa shape index (κ2) is 12.2. The van der Waals surface area contributed by atoms with Crippen LogP contribution in [-0.4, -0.2) is 84.5 Å². The molecule has 226 valence electrons. The lowest BCUT2D eigenvalue weighted by Crippen LogP contribution is -2.47. The van der Waals surface area contributed by atoms with E-state index in [-0.39, 0.29) is 48.8 Å². The molecule has 2 N–H and O–H groups in total. The highest BCUT2D eigenvalue weighted by Gasteiger charge is 2.31. The molecule has 3 heterocycles. The minimum Gasteiger partial charge on any atom is -0.488 e. The number of aryl methyl sites for hydroxylation is 1. The third-order valence-electron chi connectivity index (χ3n) is 7.51. The molecule has 3 atom stereocenters. The Hall–Kier alpha value is -3.81. The van der Waals surface area contributed by atoms with E-state index in [0.29, 0.717) is 36.6 Å². The van der Waals surface area contributed by atoms with E-state index in [2.05, 4.69) is 14.6 Å². The Balaban J connectivity index is 1.40. The first kappa shape index (κ1) is 29.7. The van der Waals surface area contributed by atoms with Gasteiger partial charge >= 0.3 is 0 Å². The van der Waals surface area contributed by atoms with Crippen molar-refractivity contribution in [3.63, 3.8) is 0 Å². The average molecular weight is 600 g/mol. The van der Waals surface area contributed by atoms with Crippen LogP contribution in [0.4, 0.5) is 5.69 Å². The molecule has 0 aliphatic carbocycles. The fourth-order valence-electron chi connectivity index (χ4n) is 5.17. The van der Waals surface area contributed by atoms with Crippen LogP contribution in [-0.2, 0) is 34.8 Å². The minimum absolute atomic E-state index is 0.00863. The van der Waals surface area contributed by atoms with Gasteiger partial charge in [-0.1, -0.05) is 13.0 Å². The van der Waals surface area contributed by atoms with Crippen LogP contribution in [0.2, 0.25) is 0 Å². The van der Waals surface area contributed by atoms with Crippen molar-refractivity contribution >= 4 is 21.6 Å². The van der Waals surface area contributed by atoms with Gasteiger partial charge in [-0.05, 0) is 49.9 Å². The van der Waals surface area contributed by atoms with Crippen LogP contribution >= 0.6 is 0 Å². The van der Waals surface area contributed by atoms with Gasteiger partial charge in [-0.25, -0.2) is 4.98 Å². The summed E-state index contributed by atoms with van der Waals surface area (Å²) in [5.41, 5.74) is 1.91. The van der Waals surface area contributed by atoms with Gasteiger partial charge in [0.05, 0.1) is 25.4 Å². The minimum atomic E-state index is -3.93. The molecule has 0 radical (unpaired) electrons. The summed E-state index contributed by atoms with van der Waals surface area (Å²) in [6.45, 7) is 5.47. The van der Waals surface area contributed by atoms with Gasteiger partial charge in [-0.2, -0.15) is 8.42 Å². The number of anilines is 1. The van der Waals surface area contributed by atoms with E-state index in [1.54, 1.807) is 34.7 Å². The number of aliphatic hydroxyl groups excluding tert-OH is 1. The van der Waals surface area contributed by atoms with E-state index in [1.807, 2.05) is 39.1 Å². The van der Waals surface area contributed by atoms with Crippen LogP contribution in [0.15, 0.2) is 53.9 Å². The first-order valence-corrected chi connectivity index (χ1v) is 15.3. The largest absolute Gasteiger partial charge is 0.488 e. The molecule has 0 unspecified atom stereocenters. The lowest BCUT2D eigenvalue weighted by atomic mass is 10.0. The van der Waals surface area contributed by atoms with E-state index < -0.39 is 10.0 Å². The van der Waals surface area contributed by atoms with Gasteiger partial charge in [0.15, 0.2) is 16.5 Å². The maximum absolute atomic E-state index is 13.5. The third kappa shape index (κ3) is 6.63. The topological polar surface area (TPSA) is 135 Å². The lowest BCUT2D eigenvalue weighted by Gasteiger charge is -2.34. The number of imidazole rings is 1. The molecule has 42 heavy (non-hydrogen) atoms. The van der Waals surface area contributed by atoms with E-state index in [4.69, 9.17) is 14.2 Å². The number of amides is 1. The van der Waals surface area contributed by atoms with Crippen molar-refractivity contribution in [1.29, 1.82) is 0 Å². The number of aliphatic hydroxyl groups is 1. The maximum Gasteiger partial charge on any atom is 0.280 e. The van der Waals surface area contributed by atoms with Gasteiger partial charge in [-0.3, -0.25) is 14.4 Å². The predicted molar refractivity (Wildman–Crippen MR) is 155 cm³/mol. The van der Waals surface area contributed by atoms with Gasteiger partial charge in [-0.15, -0.1) is 0 Å². The monoisotopic (exact) mass is 599 g/mol. The SMILES string of the molecule is C[C@@H]1CN([C@H](C)CO)C(=O)Cc2cc(NS(=O)(=O)c3cn(C)cn3)ccc2O[C@@H]1CN(C)Cc1ccc2c(c1)OCO2. The second-order valence-corrected chi connectivity index (χ2v) is 12.7. The summed E-state index contributed by atoms with van der Waals surface area (Å²) in [6, 6.07) is 10.4. The first-order chi connectivity index (χ1) is 20.0. The fourth-order valence-corrected chi connectivity index (χ4v) is 6.20. The van der Waals surface area contributed by atoms with Crippen LogP contribution in [0.3, 0.4) is 0 Å². The van der Waals surface area contributed by atoms with E-state index in [0.717, 1.165) is 17.1 Å². The molecular formula is C29H37N5O7S. The number of rotatable bonds is 9. The maximum atomic E-state index is 13.5. The van der Waals surface area contributed by atoms with Gasteiger partial charge in [0.25, 0.3) is 10.0 Å². The number of fused-ring (bicyclic) bond motifs is 2. The number of likely N-dealkylation sites (N-methyl/N-ethyl adjacent to an activating group) is 1. The Kier molecular flexibility index (Phi) is 8.62. The number of ether oxygens (including phenoxy) is 3. The van der Waals surface area contributed by atoms with Crippen LogP contribution < -0.4 is 18.9 Å². The van der Waals surface area contributed by atoms with Crippen LogP contribution in [0.25, 0.3) is 0 Å². The number of hydrogen-bond donors (Lipinski definition) is 2. The molecular weight excluding hydrogens is 562 g/mol. The highest BCUT2D eigenvalue weighted by Crippen LogP contribution is 2.33. The lowest BCUT2D eigenvalue weighted by molar-refractivity contribution is -0.134. The molecule has 0 spiro atoms. The van der Waals surface area contributed by atoms with Crippen LogP contribution in [0, 0.1) is 5.92 Å². The molecule has 2 aromatic carbocycles. The second-order valence-electron chi connectivity index (χ2n) is 11.1. The first-order valence-electron chi connectivity index (χ1n) is 13.8. The number of benzene rings is 2. The number of nitrogens with zero attached hydrogens (tertiary/aromatic N) is 4. The fraction of sp³-hybridized carbons (Fsp3) is 0.448. The van der Waals surface area contributed by atoms with Crippen molar-refractivity contribution in [2.45, 2.75) is 44.0 Å². The quantitative estimate of drug-likeness (QED) is 0.380. The standard InChI is InChI=1S/C29H37N5O7S/c1-19-12-34(20(2)16-35)29(36)11-22-10-23(31-42(37,38)28-15-33(4)17-30-28)6-8-24(22)41-27(19)14-32(3)13-21-5-7-25-26(9-21)40-18-39-25/h5-10,15,17,19-20,27,31,35H,11-14,16,18H2,1-4H3/t19-,20-,27-/m1/s1. The number of carbonyl (C=O) groups excluding carboxylic acids is 1. The summed E-state index contributed by atoms with van der Waals surface area (Å²) in [5, 5.41) is 9.80. The average Bonchev–Trinajstić information content (AvgIpc) is 3.61. The molecule has 2 aliphatic rings. The molecule has 3 aromatic rings. The molecule has 12 nitrogen and oxygen atoms in total. The molecule has 1 amide bonds. The smallest absolute Gasteiger partial charge is 0.280 e. The van der Waals surface area contributed by atoms with E-state index in [1.165, 1.54) is 12.5 Å². The zero-order valence-corrected chi connectivity index (χ0v) is 25.0. The summed E-state index contributed by atoms with van der Waals surface area (Å²) in [4.78, 5) is 21.3. The molecule has 1 aromatic heterocycles. The molecule has 0 saturated carbocycles. The number of hydrogen-bond acceptors (Lipinski definition) is 9. The van der Waals surface area contributed by atoms with Gasteiger partial charge in [0.2, 0.25) is 12.7 Å². The number of nitrogens with one attached hydrogen (secondary N) is 1. The van der Waals surface area contributed by atoms with Gasteiger partial charge in [0, 0.05) is 50.0 Å². The zero-order chi connectivity index (χ0) is 30.0. The molecule has 0 saturated heterocycles. The predicted octanol–water partition coefficient (Wildman–Crippen LogP) is 2.23. The van der Waals surface area contributed by atoms with Crippen molar-refractivity contribution in [1.82, 2.24) is 19.4 Å². The van der Waals surface area contributed by atoms with Crippen molar-refractivity contribution in [3.05, 3.63) is 60.0 Å². The van der Waals surface area contributed by atoms with Crippen molar-refractivity contribution < 1.29 is 32.5 Å². The van der Waals surface area contributed by atoms with Gasteiger partial charge < -0.3 is 28.8 Å². The Morgan fingerprint density at radius 3 is 2.67 bits per heavy atom. The summed E-state index contributed by atoms with van der Waals surface area (Å²) in [7, 11) is -0.238. The summed E-state index contributed by atoms with van der Waals surface area (Å²) < 4.78 is 47.4. The number of carbonyl (C=O) groups is 1. The van der Waals surface area contributed by atoms with E-state index >= 15 is 0 Å². The zero-order valence-electron chi connectivity index (χ0n) is 24.2. The Morgan fingerprint density at radius 2 is 1.93 bits per heavy atom. The molecule has 13 heteroatoms. The Labute approximate surface area is 245 Å². The normalized spacial score (nSPS) is 19.5. The highest BCUT2D eigenvalue weighted by atomic mass is 32.2. The highest BCUT2D eigenvalue weighted by molar-refractivity contribution is 7.92. The summed E-state index contributed by atoms with van der Waals surface area (Å²) >= 11 is 0. The molecule has 0 bridgehead atoms. The van der Waals surface area contributed by atoms with Crippen molar-refractivity contribution in [2.24, 2.45) is 13.0 Å². The number of aromatic nitrogens is 2. The van der Waals surface area contributed by atoms with Crippen molar-refractivity contribution in [3.8, 4) is 17.2 Å². The number of sulfonamides is 1. The van der Waals surface area contributed by atoms with Crippen LogP contribution in [0.1, 0.15) is 25.0 Å². The van der Waals surface area contributed by atoms with Gasteiger partial charge in [0.1, 0.15) is 11.9 Å². The Morgan fingerprint density at radius 1 is 1.17 bits per heavy atom. The van der Waals surface area contributed by atoms with Crippen LogP contribution in [0.5, 0.6) is 17.2 Å². The van der Waals surface area contributed by atoms with E-state index in [9.17, 15) is 18.3 Å². The molecule has 0 fully saturated rings. The summed E-state index contributed by atoms with van der Waals surface area (Å²) in [6.07, 6.45) is 2.50. The molecule has 2 aliphatic heterocycles.